The van der Waals surface area contributed by atoms with Crippen LogP contribution in [0.1, 0.15) is 121 Å². The van der Waals surface area contributed by atoms with Crippen LogP contribution in [0.5, 0.6) is 0 Å². The molecule has 1 saturated carbocycles. The van der Waals surface area contributed by atoms with Gasteiger partial charge in [0.05, 0.1) is 6.07 Å². The van der Waals surface area contributed by atoms with Gasteiger partial charge in [-0.05, 0) is 96.8 Å². The number of nitrogens with one attached hydrogen (secondary N) is 2. The fraction of sp³-hybridized carbons (Fsp3) is 0.686. The molecular weight excluding hydrogens is 490 g/mol. The van der Waals surface area contributed by atoms with E-state index in [1.54, 1.807) is 0 Å². The van der Waals surface area contributed by atoms with E-state index >= 15 is 0 Å². The number of hydrogen-bond acceptors (Lipinski definition) is 5. The third kappa shape index (κ3) is 9.59. The van der Waals surface area contributed by atoms with Crippen LogP contribution in [0, 0.1) is 55.7 Å². The molecule has 40 heavy (non-hydrogen) atoms. The fourth-order valence-corrected chi connectivity index (χ4v) is 6.89. The van der Waals surface area contributed by atoms with Gasteiger partial charge in [0.1, 0.15) is 17.7 Å². The summed E-state index contributed by atoms with van der Waals surface area (Å²) >= 11 is 0. The minimum absolute atomic E-state index is 0.000647. The molecule has 0 aromatic carbocycles. The van der Waals surface area contributed by atoms with E-state index in [9.17, 15) is 15.8 Å². The molecule has 0 heterocycles. The SMILES string of the molecule is CC/C(C#N)=C(\C=C(/C)NCC1(C)CC(NC2=CC(=C(C#N)C#N)CC(C)(C)C2)CC(C)(C)C1)CC(C)(C)CC. The van der Waals surface area contributed by atoms with Crippen LogP contribution in [0.2, 0.25) is 0 Å². The summed E-state index contributed by atoms with van der Waals surface area (Å²) in [6.45, 7) is 23.4. The van der Waals surface area contributed by atoms with E-state index in [0.29, 0.717) is 6.04 Å². The van der Waals surface area contributed by atoms with Crippen LogP contribution in [0.3, 0.4) is 0 Å². The Morgan fingerprint density at radius 2 is 1.65 bits per heavy atom. The predicted octanol–water partition coefficient (Wildman–Crippen LogP) is 8.76. The van der Waals surface area contributed by atoms with E-state index in [-0.39, 0.29) is 27.2 Å². The molecule has 2 unspecified atom stereocenters. The molecule has 218 valence electrons. The molecule has 0 spiro atoms. The molecular formula is C35H53N5. The van der Waals surface area contributed by atoms with Gasteiger partial charge in [-0.1, -0.05) is 68.7 Å². The lowest BCUT2D eigenvalue weighted by molar-refractivity contribution is 0.0745. The van der Waals surface area contributed by atoms with Gasteiger partial charge in [-0.3, -0.25) is 0 Å². The molecule has 2 aliphatic rings. The average Bonchev–Trinajstić information content (AvgIpc) is 2.82. The van der Waals surface area contributed by atoms with Crippen molar-refractivity contribution < 1.29 is 0 Å². The van der Waals surface area contributed by atoms with Crippen LogP contribution in [0.15, 0.2) is 45.8 Å². The normalized spacial score (nSPS) is 25.0. The lowest BCUT2D eigenvalue weighted by atomic mass is 9.62. The van der Waals surface area contributed by atoms with Gasteiger partial charge in [-0.15, -0.1) is 0 Å². The highest BCUT2D eigenvalue weighted by Gasteiger charge is 2.42. The third-order valence-corrected chi connectivity index (χ3v) is 8.75. The van der Waals surface area contributed by atoms with Crippen molar-refractivity contribution in [2.24, 2.45) is 21.7 Å². The highest BCUT2D eigenvalue weighted by molar-refractivity contribution is 5.47. The Morgan fingerprint density at radius 3 is 2.20 bits per heavy atom. The molecule has 5 nitrogen and oxygen atoms in total. The van der Waals surface area contributed by atoms with Gasteiger partial charge >= 0.3 is 0 Å². The zero-order chi connectivity index (χ0) is 30.4. The van der Waals surface area contributed by atoms with Gasteiger partial charge in [0.25, 0.3) is 0 Å². The molecule has 0 saturated heterocycles. The number of hydrogen-bond donors (Lipinski definition) is 2. The van der Waals surface area contributed by atoms with Crippen molar-refractivity contribution in [2.75, 3.05) is 6.54 Å². The Morgan fingerprint density at radius 1 is 1.00 bits per heavy atom. The first-order valence-electron chi connectivity index (χ1n) is 15.0. The Labute approximate surface area is 245 Å². The number of allylic oxidation sites excluding steroid dienone is 8. The molecule has 0 aliphatic heterocycles. The Kier molecular flexibility index (Phi) is 10.9. The second-order valence-corrected chi connectivity index (χ2v) is 15.1. The second-order valence-electron chi connectivity index (χ2n) is 15.1. The highest BCUT2D eigenvalue weighted by atomic mass is 15.0. The second kappa shape index (κ2) is 13.1. The van der Waals surface area contributed by atoms with Crippen LogP contribution in [-0.2, 0) is 0 Å². The molecule has 0 aromatic heterocycles. The Hall–Kier alpha value is -2.97. The van der Waals surface area contributed by atoms with Crippen molar-refractivity contribution >= 4 is 0 Å². The zero-order valence-corrected chi connectivity index (χ0v) is 26.9. The summed E-state index contributed by atoms with van der Waals surface area (Å²) in [5.74, 6) is 0. The van der Waals surface area contributed by atoms with Crippen LogP contribution >= 0.6 is 0 Å². The highest BCUT2D eigenvalue weighted by Crippen LogP contribution is 2.47. The molecule has 2 rings (SSSR count). The maximum Gasteiger partial charge on any atom is 0.132 e. The average molecular weight is 544 g/mol. The molecule has 0 radical (unpaired) electrons. The molecule has 0 aromatic rings. The minimum atomic E-state index is 0.000647. The fourth-order valence-electron chi connectivity index (χ4n) is 6.89. The maximum atomic E-state index is 9.78. The minimum Gasteiger partial charge on any atom is -0.388 e. The first-order valence-corrected chi connectivity index (χ1v) is 15.0. The molecule has 5 heteroatoms. The zero-order valence-electron chi connectivity index (χ0n) is 26.9. The smallest absolute Gasteiger partial charge is 0.132 e. The van der Waals surface area contributed by atoms with E-state index in [1.165, 1.54) is 0 Å². The van der Waals surface area contributed by atoms with E-state index in [2.05, 4.69) is 110 Å². The van der Waals surface area contributed by atoms with Crippen LogP contribution in [0.4, 0.5) is 0 Å². The van der Waals surface area contributed by atoms with Crippen molar-refractivity contribution in [1.29, 1.82) is 15.8 Å². The predicted molar refractivity (Wildman–Crippen MR) is 165 cm³/mol. The summed E-state index contributed by atoms with van der Waals surface area (Å²) in [4.78, 5) is 0. The number of nitrogens with zero attached hydrogens (tertiary/aromatic N) is 3. The third-order valence-electron chi connectivity index (χ3n) is 8.75. The van der Waals surface area contributed by atoms with Crippen LogP contribution in [-0.4, -0.2) is 12.6 Å². The molecule has 2 N–H and O–H groups in total. The van der Waals surface area contributed by atoms with Gasteiger partial charge < -0.3 is 10.6 Å². The monoisotopic (exact) mass is 543 g/mol. The Bertz CT molecular complexity index is 1170. The van der Waals surface area contributed by atoms with E-state index in [1.807, 2.05) is 0 Å². The number of rotatable bonds is 10. The molecule has 2 atom stereocenters. The van der Waals surface area contributed by atoms with Gasteiger partial charge in [0, 0.05) is 29.6 Å². The van der Waals surface area contributed by atoms with E-state index in [4.69, 9.17) is 0 Å². The topological polar surface area (TPSA) is 95.4 Å². The first kappa shape index (κ1) is 33.2. The first-order chi connectivity index (χ1) is 18.5. The van der Waals surface area contributed by atoms with Crippen LogP contribution < -0.4 is 10.6 Å². The summed E-state index contributed by atoms with van der Waals surface area (Å²) in [6.07, 6.45) is 11.9. The maximum absolute atomic E-state index is 9.78. The molecule has 0 amide bonds. The van der Waals surface area contributed by atoms with Crippen molar-refractivity contribution in [2.45, 2.75) is 127 Å². The van der Waals surface area contributed by atoms with Crippen molar-refractivity contribution in [1.82, 2.24) is 10.6 Å². The van der Waals surface area contributed by atoms with Crippen molar-refractivity contribution in [3.8, 4) is 18.2 Å². The molecule has 2 aliphatic carbocycles. The number of nitriles is 3. The molecule has 1 fully saturated rings. The van der Waals surface area contributed by atoms with Crippen molar-refractivity contribution in [3.05, 3.63) is 45.8 Å². The van der Waals surface area contributed by atoms with Gasteiger partial charge in [0.2, 0.25) is 0 Å². The summed E-state index contributed by atoms with van der Waals surface area (Å²) < 4.78 is 0. The summed E-state index contributed by atoms with van der Waals surface area (Å²) in [7, 11) is 0. The summed E-state index contributed by atoms with van der Waals surface area (Å²) in [6, 6.07) is 6.95. The van der Waals surface area contributed by atoms with E-state index in [0.717, 1.165) is 86.0 Å². The summed E-state index contributed by atoms with van der Waals surface area (Å²) in [5.41, 5.74) is 5.80. The largest absolute Gasteiger partial charge is 0.388 e. The molecule has 0 bridgehead atoms. The quantitative estimate of drug-likeness (QED) is 0.212. The summed E-state index contributed by atoms with van der Waals surface area (Å²) in [5, 5.41) is 36.3. The standard InChI is InChI=1S/C35H53N5/c1-11-26(20-36)27(15-32(4,5)12-2)13-25(3)39-24-35(10)19-31(18-34(8,9)23-35)40-30-14-28(29(21-37)22-38)16-33(6,7)17-30/h13-14,31,39-40H,11-12,15-19,23-24H2,1-10H3/b25-13+,27-26-. The van der Waals surface area contributed by atoms with Gasteiger partial charge in [-0.2, -0.15) is 15.8 Å². The lowest BCUT2D eigenvalue weighted by Crippen LogP contribution is -2.48. The van der Waals surface area contributed by atoms with Crippen LogP contribution in [0.25, 0.3) is 0 Å². The van der Waals surface area contributed by atoms with E-state index < -0.39 is 0 Å². The van der Waals surface area contributed by atoms with Crippen molar-refractivity contribution in [3.63, 3.8) is 0 Å². The van der Waals surface area contributed by atoms with Gasteiger partial charge in [0.15, 0.2) is 0 Å². The Balaban J connectivity index is 2.25. The van der Waals surface area contributed by atoms with Gasteiger partial charge in [-0.25, -0.2) is 0 Å². The lowest BCUT2D eigenvalue weighted by Gasteiger charge is -2.48.